The van der Waals surface area contributed by atoms with Crippen LogP contribution in [0.15, 0.2) is 54.6 Å². The van der Waals surface area contributed by atoms with E-state index in [1.807, 2.05) is 0 Å². The molecule has 1 heteroatoms. The highest BCUT2D eigenvalue weighted by atomic mass is 15.1. The fourth-order valence-electron chi connectivity index (χ4n) is 3.54. The van der Waals surface area contributed by atoms with Crippen molar-refractivity contribution in [2.24, 2.45) is 5.92 Å². The quantitative estimate of drug-likeness (QED) is 0.325. The summed E-state index contributed by atoms with van der Waals surface area (Å²) in [7, 11) is 2.17. The number of allylic oxidation sites excluding steroid dienone is 4. The van der Waals surface area contributed by atoms with Crippen LogP contribution in [0, 0.1) is 12.8 Å². The van der Waals surface area contributed by atoms with E-state index >= 15 is 0 Å². The van der Waals surface area contributed by atoms with Crippen LogP contribution in [0.5, 0.6) is 0 Å². The third kappa shape index (κ3) is 6.10. The van der Waals surface area contributed by atoms with E-state index in [2.05, 4.69) is 115 Å². The van der Waals surface area contributed by atoms with E-state index in [0.717, 1.165) is 13.0 Å². The lowest BCUT2D eigenvalue weighted by Crippen LogP contribution is -2.17. The Morgan fingerprint density at radius 1 is 1.00 bits per heavy atom. The van der Waals surface area contributed by atoms with Crippen molar-refractivity contribution < 1.29 is 0 Å². The molecule has 0 aliphatic carbocycles. The molecule has 0 radical (unpaired) electrons. The fourth-order valence-corrected chi connectivity index (χ4v) is 3.54. The van der Waals surface area contributed by atoms with E-state index in [9.17, 15) is 0 Å². The molecule has 1 nitrogen and oxygen atoms in total. The molecule has 2 rings (SSSR count). The summed E-state index contributed by atoms with van der Waals surface area (Å²) in [5.41, 5.74) is 9.28. The van der Waals surface area contributed by atoms with Gasteiger partial charge in [0.15, 0.2) is 0 Å². The molecule has 29 heavy (non-hydrogen) atoms. The second kappa shape index (κ2) is 10.5. The van der Waals surface area contributed by atoms with Gasteiger partial charge in [0.25, 0.3) is 0 Å². The molecule has 0 heterocycles. The number of hydrogen-bond donors (Lipinski definition) is 0. The standard InChI is InChI=1S/C28H39N/c1-9-29(8)28-19-26(17-16-22(28)6)27(15-10-12-20(2)3)23(7)25-14-11-13-24(18-25)21(4)5/h10-11,13-21H,9,12H2,1-8H3/b15-10-,27-23-. The third-order valence-electron chi connectivity index (χ3n) is 5.69. The normalized spacial score (nSPS) is 12.8. The van der Waals surface area contributed by atoms with Crippen molar-refractivity contribution in [1.82, 2.24) is 0 Å². The van der Waals surface area contributed by atoms with Crippen molar-refractivity contribution >= 4 is 16.8 Å². The zero-order valence-corrected chi connectivity index (χ0v) is 19.7. The molecule has 0 unspecified atom stereocenters. The molecular weight excluding hydrogens is 350 g/mol. The first-order chi connectivity index (χ1) is 13.7. The van der Waals surface area contributed by atoms with Gasteiger partial charge in [-0.15, -0.1) is 0 Å². The highest BCUT2D eigenvalue weighted by Crippen LogP contribution is 2.32. The summed E-state index contributed by atoms with van der Waals surface area (Å²) in [6.07, 6.45) is 5.76. The van der Waals surface area contributed by atoms with Crippen molar-refractivity contribution in [3.8, 4) is 0 Å². The summed E-state index contributed by atoms with van der Waals surface area (Å²) in [5, 5.41) is 0. The number of rotatable bonds is 8. The molecule has 2 aromatic rings. The van der Waals surface area contributed by atoms with Crippen LogP contribution in [-0.2, 0) is 0 Å². The predicted molar refractivity (Wildman–Crippen MR) is 132 cm³/mol. The molecule has 0 aromatic heterocycles. The van der Waals surface area contributed by atoms with Crippen LogP contribution >= 0.6 is 0 Å². The van der Waals surface area contributed by atoms with E-state index in [4.69, 9.17) is 0 Å². The summed E-state index contributed by atoms with van der Waals surface area (Å²) in [6, 6.07) is 15.9. The molecule has 0 saturated carbocycles. The van der Waals surface area contributed by atoms with Gasteiger partial charge < -0.3 is 4.90 Å². The molecule has 0 saturated heterocycles. The van der Waals surface area contributed by atoms with Gasteiger partial charge in [-0.25, -0.2) is 0 Å². The first-order valence-corrected chi connectivity index (χ1v) is 11.0. The van der Waals surface area contributed by atoms with Crippen molar-refractivity contribution in [3.63, 3.8) is 0 Å². The SMILES string of the molecule is CCN(C)c1cc(C(/C=C\CC(C)C)=C(/C)c2cccc(C(C)C)c2)ccc1C. The molecule has 0 fully saturated rings. The number of benzene rings is 2. The highest BCUT2D eigenvalue weighted by Gasteiger charge is 2.11. The second-order valence-electron chi connectivity index (χ2n) is 8.87. The first-order valence-electron chi connectivity index (χ1n) is 11.0. The number of aryl methyl sites for hydroxylation is 1. The Labute approximate surface area is 179 Å². The van der Waals surface area contributed by atoms with Gasteiger partial charge >= 0.3 is 0 Å². The maximum absolute atomic E-state index is 2.35. The van der Waals surface area contributed by atoms with Crippen LogP contribution < -0.4 is 4.90 Å². The zero-order chi connectivity index (χ0) is 21.6. The first kappa shape index (κ1) is 23.0. The minimum Gasteiger partial charge on any atom is -0.375 e. The van der Waals surface area contributed by atoms with Gasteiger partial charge in [-0.3, -0.25) is 0 Å². The van der Waals surface area contributed by atoms with Crippen LogP contribution in [0.2, 0.25) is 0 Å². The number of anilines is 1. The minimum absolute atomic E-state index is 0.534. The number of nitrogens with zero attached hydrogens (tertiary/aromatic N) is 1. The van der Waals surface area contributed by atoms with Gasteiger partial charge in [0.05, 0.1) is 0 Å². The molecule has 0 spiro atoms. The van der Waals surface area contributed by atoms with Gasteiger partial charge in [0, 0.05) is 19.3 Å². The van der Waals surface area contributed by atoms with Crippen LogP contribution in [0.4, 0.5) is 5.69 Å². The van der Waals surface area contributed by atoms with Crippen LogP contribution in [0.3, 0.4) is 0 Å². The molecular formula is C28H39N. The Morgan fingerprint density at radius 3 is 2.34 bits per heavy atom. The summed E-state index contributed by atoms with van der Waals surface area (Å²) in [6.45, 7) is 16.7. The summed E-state index contributed by atoms with van der Waals surface area (Å²) < 4.78 is 0. The van der Waals surface area contributed by atoms with E-state index in [1.165, 1.54) is 39.1 Å². The third-order valence-corrected chi connectivity index (χ3v) is 5.69. The maximum Gasteiger partial charge on any atom is 0.0399 e. The van der Waals surface area contributed by atoms with Crippen LogP contribution in [0.1, 0.15) is 76.1 Å². The van der Waals surface area contributed by atoms with E-state index < -0.39 is 0 Å². The van der Waals surface area contributed by atoms with E-state index in [-0.39, 0.29) is 0 Å². The molecule has 0 N–H and O–H groups in total. The predicted octanol–water partition coefficient (Wildman–Crippen LogP) is 8.11. The Hall–Kier alpha value is -2.28. The average molecular weight is 390 g/mol. The minimum atomic E-state index is 0.534. The van der Waals surface area contributed by atoms with E-state index in [0.29, 0.717) is 11.8 Å². The Balaban J connectivity index is 2.62. The van der Waals surface area contributed by atoms with Crippen LogP contribution in [0.25, 0.3) is 11.1 Å². The summed E-state index contributed by atoms with van der Waals surface area (Å²) >= 11 is 0. The van der Waals surface area contributed by atoms with Crippen molar-refractivity contribution in [2.45, 2.75) is 60.8 Å². The molecule has 2 aromatic carbocycles. The van der Waals surface area contributed by atoms with Gasteiger partial charge in [0.1, 0.15) is 0 Å². The highest BCUT2D eigenvalue weighted by molar-refractivity contribution is 5.95. The molecule has 0 amide bonds. The zero-order valence-electron chi connectivity index (χ0n) is 19.7. The molecule has 0 aliphatic heterocycles. The van der Waals surface area contributed by atoms with Crippen molar-refractivity contribution in [2.75, 3.05) is 18.5 Å². The maximum atomic E-state index is 2.35. The lowest BCUT2D eigenvalue weighted by molar-refractivity contribution is 0.664. The number of hydrogen-bond acceptors (Lipinski definition) is 1. The van der Waals surface area contributed by atoms with Gasteiger partial charge in [-0.2, -0.15) is 0 Å². The largest absolute Gasteiger partial charge is 0.375 e. The Kier molecular flexibility index (Phi) is 8.32. The van der Waals surface area contributed by atoms with Crippen LogP contribution in [-0.4, -0.2) is 13.6 Å². The van der Waals surface area contributed by atoms with Gasteiger partial charge in [-0.05, 0) is 78.5 Å². The fraction of sp³-hybridized carbons (Fsp3) is 0.429. The van der Waals surface area contributed by atoms with Crippen molar-refractivity contribution in [3.05, 3.63) is 76.9 Å². The summed E-state index contributed by atoms with van der Waals surface area (Å²) in [5.74, 6) is 1.20. The van der Waals surface area contributed by atoms with E-state index in [1.54, 1.807) is 0 Å². The lowest BCUT2D eigenvalue weighted by Gasteiger charge is -2.21. The monoisotopic (exact) mass is 389 g/mol. The molecule has 0 atom stereocenters. The average Bonchev–Trinajstić information content (AvgIpc) is 2.70. The molecule has 156 valence electrons. The Bertz CT molecular complexity index is 868. The smallest absolute Gasteiger partial charge is 0.0399 e. The lowest BCUT2D eigenvalue weighted by atomic mass is 9.91. The van der Waals surface area contributed by atoms with Gasteiger partial charge in [0.2, 0.25) is 0 Å². The Morgan fingerprint density at radius 2 is 1.72 bits per heavy atom. The second-order valence-corrected chi connectivity index (χ2v) is 8.87. The topological polar surface area (TPSA) is 3.24 Å². The van der Waals surface area contributed by atoms with Gasteiger partial charge in [-0.1, -0.05) is 76.2 Å². The molecule has 0 bridgehead atoms. The summed E-state index contributed by atoms with van der Waals surface area (Å²) in [4.78, 5) is 2.32. The van der Waals surface area contributed by atoms with Crippen molar-refractivity contribution in [1.29, 1.82) is 0 Å². The molecule has 0 aliphatic rings.